The second-order valence-electron chi connectivity index (χ2n) is 2.85. The van der Waals surface area contributed by atoms with Crippen molar-refractivity contribution in [1.29, 1.82) is 0 Å². The Hall–Kier alpha value is -0.890. The van der Waals surface area contributed by atoms with Crippen LogP contribution in [-0.2, 0) is 0 Å². The van der Waals surface area contributed by atoms with Crippen LogP contribution in [0, 0.1) is 0 Å². The Morgan fingerprint density at radius 1 is 1.31 bits per heavy atom. The fraction of sp³-hybridized carbons (Fsp3) is 0.400. The summed E-state index contributed by atoms with van der Waals surface area (Å²) in [6.07, 6.45) is 0. The van der Waals surface area contributed by atoms with Crippen molar-refractivity contribution in [3.05, 3.63) is 23.2 Å². The summed E-state index contributed by atoms with van der Waals surface area (Å²) in [6.45, 7) is 6.02. The fourth-order valence-electron chi connectivity index (χ4n) is 1.41. The van der Waals surface area contributed by atoms with E-state index in [2.05, 4.69) is 18.7 Å². The van der Waals surface area contributed by atoms with Crippen molar-refractivity contribution < 1.29 is 0 Å². The largest absolute Gasteiger partial charge is 0.397 e. The average Bonchev–Trinajstić information content (AvgIpc) is 2.11. The summed E-state index contributed by atoms with van der Waals surface area (Å²) < 4.78 is 0. The first-order valence-corrected chi connectivity index (χ1v) is 4.87. The maximum Gasteiger partial charge on any atom is 0.0788 e. The highest BCUT2D eigenvalue weighted by molar-refractivity contribution is 6.33. The molecule has 0 radical (unpaired) electrons. The van der Waals surface area contributed by atoms with Gasteiger partial charge in [0, 0.05) is 13.1 Å². The molecule has 0 aromatic heterocycles. The molecule has 1 rings (SSSR count). The normalized spacial score (nSPS) is 10.1. The number of hydrogen-bond donors (Lipinski definition) is 1. The Morgan fingerprint density at radius 2 is 1.92 bits per heavy atom. The minimum Gasteiger partial charge on any atom is -0.397 e. The number of nitrogens with two attached hydrogens (primary N) is 1. The van der Waals surface area contributed by atoms with E-state index < -0.39 is 0 Å². The molecule has 0 heterocycles. The molecule has 2 nitrogen and oxygen atoms in total. The molecule has 3 heteroatoms. The van der Waals surface area contributed by atoms with Gasteiger partial charge in [0.05, 0.1) is 16.4 Å². The van der Waals surface area contributed by atoms with Crippen LogP contribution in [0.5, 0.6) is 0 Å². The molecule has 13 heavy (non-hydrogen) atoms. The molecule has 2 N–H and O–H groups in total. The summed E-state index contributed by atoms with van der Waals surface area (Å²) >= 11 is 6.06. The Balaban J connectivity index is 3.10. The third-order valence-corrected chi connectivity index (χ3v) is 2.40. The van der Waals surface area contributed by atoms with Crippen LogP contribution in [0.3, 0.4) is 0 Å². The van der Waals surface area contributed by atoms with Crippen LogP contribution in [0.25, 0.3) is 0 Å². The number of rotatable bonds is 3. The van der Waals surface area contributed by atoms with E-state index in [4.69, 9.17) is 17.3 Å². The van der Waals surface area contributed by atoms with Crippen molar-refractivity contribution >= 4 is 23.0 Å². The predicted octanol–water partition coefficient (Wildman–Crippen LogP) is 2.77. The van der Waals surface area contributed by atoms with Gasteiger partial charge in [0.2, 0.25) is 0 Å². The third kappa shape index (κ3) is 2.07. The lowest BCUT2D eigenvalue weighted by molar-refractivity contribution is 0.868. The van der Waals surface area contributed by atoms with E-state index in [1.807, 2.05) is 18.2 Å². The zero-order valence-corrected chi connectivity index (χ0v) is 8.80. The van der Waals surface area contributed by atoms with E-state index in [1.54, 1.807) is 0 Å². The first-order valence-electron chi connectivity index (χ1n) is 4.49. The van der Waals surface area contributed by atoms with Gasteiger partial charge >= 0.3 is 0 Å². The van der Waals surface area contributed by atoms with Crippen LogP contribution in [0.2, 0.25) is 5.02 Å². The Kier molecular flexibility index (Phi) is 3.43. The van der Waals surface area contributed by atoms with E-state index in [-0.39, 0.29) is 0 Å². The van der Waals surface area contributed by atoms with Crippen molar-refractivity contribution in [3.63, 3.8) is 0 Å². The highest BCUT2D eigenvalue weighted by Crippen LogP contribution is 2.31. The number of para-hydroxylation sites is 1. The molecule has 0 saturated heterocycles. The van der Waals surface area contributed by atoms with Crippen LogP contribution < -0.4 is 10.6 Å². The molecule has 1 aromatic rings. The molecule has 0 aliphatic rings. The van der Waals surface area contributed by atoms with Gasteiger partial charge in [0.25, 0.3) is 0 Å². The van der Waals surface area contributed by atoms with Gasteiger partial charge in [-0.1, -0.05) is 17.7 Å². The highest BCUT2D eigenvalue weighted by atomic mass is 35.5. The van der Waals surface area contributed by atoms with E-state index >= 15 is 0 Å². The minimum atomic E-state index is 0.726. The molecule has 0 amide bonds. The van der Waals surface area contributed by atoms with Gasteiger partial charge in [-0.2, -0.15) is 0 Å². The summed E-state index contributed by atoms with van der Waals surface area (Å²) in [7, 11) is 0. The zero-order valence-electron chi connectivity index (χ0n) is 8.05. The molecule has 0 aliphatic carbocycles. The molecule has 0 atom stereocenters. The smallest absolute Gasteiger partial charge is 0.0788 e. The summed E-state index contributed by atoms with van der Waals surface area (Å²) in [5, 5.41) is 0.726. The van der Waals surface area contributed by atoms with Crippen molar-refractivity contribution in [2.24, 2.45) is 0 Å². The molecule has 1 aromatic carbocycles. The van der Waals surface area contributed by atoms with Gasteiger partial charge in [-0.05, 0) is 26.0 Å². The second kappa shape index (κ2) is 4.38. The van der Waals surface area contributed by atoms with Crippen molar-refractivity contribution in [3.8, 4) is 0 Å². The maximum atomic E-state index is 6.06. The zero-order chi connectivity index (χ0) is 9.84. The van der Waals surface area contributed by atoms with Crippen molar-refractivity contribution in [1.82, 2.24) is 0 Å². The Bertz CT molecular complexity index is 262. The Morgan fingerprint density at radius 3 is 2.38 bits per heavy atom. The topological polar surface area (TPSA) is 29.3 Å². The number of nitrogen functional groups attached to an aromatic ring is 1. The molecule has 0 fully saturated rings. The SMILES string of the molecule is CCN(CC)c1c(N)cccc1Cl. The van der Waals surface area contributed by atoms with Crippen molar-refractivity contribution in [2.75, 3.05) is 23.7 Å². The lowest BCUT2D eigenvalue weighted by atomic mass is 10.2. The van der Waals surface area contributed by atoms with E-state index in [1.165, 1.54) is 0 Å². The maximum absolute atomic E-state index is 6.06. The summed E-state index contributed by atoms with van der Waals surface area (Å²) in [6, 6.07) is 5.61. The molecule has 72 valence electrons. The lowest BCUT2D eigenvalue weighted by Gasteiger charge is -2.23. The molecule has 0 spiro atoms. The monoisotopic (exact) mass is 198 g/mol. The number of benzene rings is 1. The Labute approximate surface area is 84.3 Å². The van der Waals surface area contributed by atoms with Crippen LogP contribution in [0.15, 0.2) is 18.2 Å². The van der Waals surface area contributed by atoms with Crippen LogP contribution >= 0.6 is 11.6 Å². The van der Waals surface area contributed by atoms with Crippen LogP contribution in [0.4, 0.5) is 11.4 Å². The average molecular weight is 199 g/mol. The molecular formula is C10H15ClN2. The lowest BCUT2D eigenvalue weighted by Crippen LogP contribution is -2.23. The van der Waals surface area contributed by atoms with Gasteiger partial charge in [-0.15, -0.1) is 0 Å². The first kappa shape index (κ1) is 10.2. The highest BCUT2D eigenvalue weighted by Gasteiger charge is 2.09. The molecule has 0 saturated carbocycles. The van der Waals surface area contributed by atoms with Crippen LogP contribution in [-0.4, -0.2) is 13.1 Å². The fourth-order valence-corrected chi connectivity index (χ4v) is 1.71. The van der Waals surface area contributed by atoms with Gasteiger partial charge in [0.1, 0.15) is 0 Å². The van der Waals surface area contributed by atoms with Crippen LogP contribution in [0.1, 0.15) is 13.8 Å². The van der Waals surface area contributed by atoms with E-state index in [9.17, 15) is 0 Å². The second-order valence-corrected chi connectivity index (χ2v) is 3.26. The van der Waals surface area contributed by atoms with E-state index in [0.29, 0.717) is 0 Å². The quantitative estimate of drug-likeness (QED) is 0.757. The summed E-state index contributed by atoms with van der Waals surface area (Å²) in [5.74, 6) is 0. The number of halogens is 1. The van der Waals surface area contributed by atoms with Gasteiger partial charge in [-0.3, -0.25) is 0 Å². The predicted molar refractivity (Wildman–Crippen MR) is 59.4 cm³/mol. The van der Waals surface area contributed by atoms with Crippen molar-refractivity contribution in [2.45, 2.75) is 13.8 Å². The number of anilines is 2. The molecular weight excluding hydrogens is 184 g/mol. The number of hydrogen-bond acceptors (Lipinski definition) is 2. The number of nitrogens with zero attached hydrogens (tertiary/aromatic N) is 1. The van der Waals surface area contributed by atoms with Gasteiger partial charge in [-0.25, -0.2) is 0 Å². The van der Waals surface area contributed by atoms with E-state index in [0.717, 1.165) is 29.5 Å². The standard InChI is InChI=1S/C10H15ClN2/c1-3-13(4-2)10-8(11)6-5-7-9(10)12/h5-7H,3-4,12H2,1-2H3. The summed E-state index contributed by atoms with van der Waals surface area (Å²) in [4.78, 5) is 2.15. The first-order chi connectivity index (χ1) is 6.20. The molecule has 0 aliphatic heterocycles. The summed E-state index contributed by atoms with van der Waals surface area (Å²) in [5.41, 5.74) is 7.55. The molecule has 0 unspecified atom stereocenters. The molecule has 0 bridgehead atoms. The van der Waals surface area contributed by atoms with Gasteiger partial charge < -0.3 is 10.6 Å². The third-order valence-electron chi connectivity index (χ3n) is 2.10. The van der Waals surface area contributed by atoms with Gasteiger partial charge in [0.15, 0.2) is 0 Å². The minimum absolute atomic E-state index is 0.726.